The first kappa shape index (κ1) is 15.0. The minimum absolute atomic E-state index is 0.624. The van der Waals surface area contributed by atoms with Gasteiger partial charge >= 0.3 is 0 Å². The SMILES string of the molecule is CCCC(CS)CSc1ccc(C(C)C)cc1. The fourth-order valence-corrected chi connectivity index (χ4v) is 3.33. The van der Waals surface area contributed by atoms with Gasteiger partial charge in [-0.1, -0.05) is 39.3 Å². The monoisotopic (exact) mass is 268 g/mol. The van der Waals surface area contributed by atoms with Crippen LogP contribution >= 0.6 is 24.4 Å². The molecule has 1 rings (SSSR count). The van der Waals surface area contributed by atoms with Gasteiger partial charge in [-0.05, 0) is 41.7 Å². The fraction of sp³-hybridized carbons (Fsp3) is 0.600. The largest absolute Gasteiger partial charge is 0.179 e. The molecule has 1 aromatic rings. The molecule has 0 saturated carbocycles. The summed E-state index contributed by atoms with van der Waals surface area (Å²) in [5.41, 5.74) is 1.42. The number of benzene rings is 1. The quantitative estimate of drug-likeness (QED) is 0.520. The van der Waals surface area contributed by atoms with Crippen LogP contribution in [0.2, 0.25) is 0 Å². The number of hydrogen-bond acceptors (Lipinski definition) is 2. The molecule has 0 radical (unpaired) electrons. The Labute approximate surface area is 116 Å². The molecule has 0 aliphatic rings. The van der Waals surface area contributed by atoms with E-state index in [1.54, 1.807) is 0 Å². The van der Waals surface area contributed by atoms with Gasteiger partial charge < -0.3 is 0 Å². The highest BCUT2D eigenvalue weighted by Gasteiger charge is 2.06. The summed E-state index contributed by atoms with van der Waals surface area (Å²) < 4.78 is 0. The summed E-state index contributed by atoms with van der Waals surface area (Å²) in [5, 5.41) is 0. The molecular weight excluding hydrogens is 244 g/mol. The van der Waals surface area contributed by atoms with Crippen molar-refractivity contribution in [3.8, 4) is 0 Å². The van der Waals surface area contributed by atoms with Gasteiger partial charge in [0.1, 0.15) is 0 Å². The fourth-order valence-electron chi connectivity index (χ4n) is 1.80. The molecule has 0 heterocycles. The summed E-state index contributed by atoms with van der Waals surface area (Å²) in [5.74, 6) is 3.57. The van der Waals surface area contributed by atoms with Gasteiger partial charge in [0.25, 0.3) is 0 Å². The van der Waals surface area contributed by atoms with Crippen molar-refractivity contribution in [2.75, 3.05) is 11.5 Å². The number of thiol groups is 1. The molecule has 0 saturated heterocycles. The Morgan fingerprint density at radius 2 is 1.82 bits per heavy atom. The molecule has 96 valence electrons. The van der Waals surface area contributed by atoms with Gasteiger partial charge in [-0.15, -0.1) is 11.8 Å². The second-order valence-corrected chi connectivity index (χ2v) is 6.33. The van der Waals surface area contributed by atoms with E-state index in [9.17, 15) is 0 Å². The molecule has 0 nitrogen and oxygen atoms in total. The lowest BCUT2D eigenvalue weighted by Crippen LogP contribution is -2.04. The van der Waals surface area contributed by atoms with Crippen molar-refractivity contribution in [2.45, 2.75) is 44.4 Å². The van der Waals surface area contributed by atoms with E-state index in [-0.39, 0.29) is 0 Å². The summed E-state index contributed by atoms with van der Waals surface area (Å²) >= 11 is 6.39. The molecular formula is C15H24S2. The lowest BCUT2D eigenvalue weighted by molar-refractivity contribution is 0.595. The lowest BCUT2D eigenvalue weighted by Gasteiger charge is -2.13. The maximum absolute atomic E-state index is 4.43. The molecule has 1 atom stereocenters. The highest BCUT2D eigenvalue weighted by atomic mass is 32.2. The standard InChI is InChI=1S/C15H24S2/c1-4-5-13(10-16)11-17-15-8-6-14(7-9-15)12(2)3/h6-9,12-13,16H,4-5,10-11H2,1-3H3. The Balaban J connectivity index is 2.46. The van der Waals surface area contributed by atoms with E-state index < -0.39 is 0 Å². The van der Waals surface area contributed by atoms with E-state index in [0.717, 1.165) is 11.7 Å². The summed E-state index contributed by atoms with van der Waals surface area (Å²) in [6.45, 7) is 6.72. The van der Waals surface area contributed by atoms with Crippen molar-refractivity contribution in [3.05, 3.63) is 29.8 Å². The Kier molecular flexibility index (Phi) is 7.14. The molecule has 0 amide bonds. The summed E-state index contributed by atoms with van der Waals surface area (Å²) in [4.78, 5) is 1.39. The molecule has 0 aromatic heterocycles. The summed E-state index contributed by atoms with van der Waals surface area (Å²) in [7, 11) is 0. The average Bonchev–Trinajstić information content (AvgIpc) is 2.35. The van der Waals surface area contributed by atoms with Gasteiger partial charge in [0.05, 0.1) is 0 Å². The Morgan fingerprint density at radius 1 is 1.18 bits per heavy atom. The van der Waals surface area contributed by atoms with E-state index in [1.165, 1.54) is 29.1 Å². The van der Waals surface area contributed by atoms with Crippen molar-refractivity contribution in [1.29, 1.82) is 0 Å². The van der Waals surface area contributed by atoms with Gasteiger partial charge in [-0.25, -0.2) is 0 Å². The minimum Gasteiger partial charge on any atom is -0.179 e. The van der Waals surface area contributed by atoms with E-state index in [1.807, 2.05) is 11.8 Å². The molecule has 0 spiro atoms. The number of rotatable bonds is 7. The first-order valence-electron chi connectivity index (χ1n) is 6.51. The van der Waals surface area contributed by atoms with Gasteiger partial charge in [-0.3, -0.25) is 0 Å². The van der Waals surface area contributed by atoms with Crippen molar-refractivity contribution in [1.82, 2.24) is 0 Å². The smallest absolute Gasteiger partial charge is 0.00722 e. The maximum atomic E-state index is 4.43. The van der Waals surface area contributed by atoms with Crippen LogP contribution in [0.25, 0.3) is 0 Å². The van der Waals surface area contributed by atoms with Gasteiger partial charge in [0.15, 0.2) is 0 Å². The predicted octanol–water partition coefficient (Wildman–Crippen LogP) is 5.25. The summed E-state index contributed by atoms with van der Waals surface area (Å²) in [6.07, 6.45) is 2.55. The van der Waals surface area contributed by atoms with E-state index in [2.05, 4.69) is 57.7 Å². The molecule has 0 aliphatic heterocycles. The highest BCUT2D eigenvalue weighted by molar-refractivity contribution is 7.99. The Morgan fingerprint density at radius 3 is 2.29 bits per heavy atom. The molecule has 0 fully saturated rings. The second-order valence-electron chi connectivity index (χ2n) is 4.87. The van der Waals surface area contributed by atoms with Crippen LogP contribution in [0.1, 0.15) is 45.1 Å². The van der Waals surface area contributed by atoms with Crippen LogP contribution in [0.5, 0.6) is 0 Å². The predicted molar refractivity (Wildman–Crippen MR) is 83.5 cm³/mol. The topological polar surface area (TPSA) is 0 Å². The second kappa shape index (κ2) is 8.10. The van der Waals surface area contributed by atoms with E-state index >= 15 is 0 Å². The first-order chi connectivity index (χ1) is 8.17. The lowest BCUT2D eigenvalue weighted by atomic mass is 10.0. The molecule has 1 aromatic carbocycles. The van der Waals surface area contributed by atoms with Crippen molar-refractivity contribution in [2.24, 2.45) is 5.92 Å². The van der Waals surface area contributed by atoms with Gasteiger partial charge in [-0.2, -0.15) is 12.6 Å². The zero-order valence-electron chi connectivity index (χ0n) is 11.1. The molecule has 1 unspecified atom stereocenters. The molecule has 17 heavy (non-hydrogen) atoms. The van der Waals surface area contributed by atoms with Crippen LogP contribution in [0.4, 0.5) is 0 Å². The minimum atomic E-state index is 0.624. The van der Waals surface area contributed by atoms with Crippen LogP contribution in [0.15, 0.2) is 29.2 Å². The van der Waals surface area contributed by atoms with Crippen LogP contribution < -0.4 is 0 Å². The Bertz CT molecular complexity index is 303. The maximum Gasteiger partial charge on any atom is 0.00722 e. The van der Waals surface area contributed by atoms with Crippen LogP contribution in [0.3, 0.4) is 0 Å². The third-order valence-electron chi connectivity index (χ3n) is 2.99. The zero-order chi connectivity index (χ0) is 12.7. The van der Waals surface area contributed by atoms with E-state index in [4.69, 9.17) is 0 Å². The first-order valence-corrected chi connectivity index (χ1v) is 8.12. The third-order valence-corrected chi connectivity index (χ3v) is 4.75. The highest BCUT2D eigenvalue weighted by Crippen LogP contribution is 2.25. The Hall–Kier alpha value is -0.0800. The number of thioether (sulfide) groups is 1. The van der Waals surface area contributed by atoms with Crippen molar-refractivity contribution < 1.29 is 0 Å². The summed E-state index contributed by atoms with van der Waals surface area (Å²) in [6, 6.07) is 9.01. The molecule has 0 aliphatic carbocycles. The van der Waals surface area contributed by atoms with Crippen LogP contribution in [-0.2, 0) is 0 Å². The molecule has 0 N–H and O–H groups in total. The third kappa shape index (κ3) is 5.39. The molecule has 0 bridgehead atoms. The van der Waals surface area contributed by atoms with Crippen LogP contribution in [0, 0.1) is 5.92 Å². The number of hydrogen-bond donors (Lipinski definition) is 1. The molecule has 2 heteroatoms. The zero-order valence-corrected chi connectivity index (χ0v) is 12.9. The van der Waals surface area contributed by atoms with Crippen LogP contribution in [-0.4, -0.2) is 11.5 Å². The van der Waals surface area contributed by atoms with Gasteiger partial charge in [0.2, 0.25) is 0 Å². The van der Waals surface area contributed by atoms with Crippen molar-refractivity contribution >= 4 is 24.4 Å². The van der Waals surface area contributed by atoms with Crippen molar-refractivity contribution in [3.63, 3.8) is 0 Å². The normalized spacial score (nSPS) is 13.0. The van der Waals surface area contributed by atoms with E-state index in [0.29, 0.717) is 5.92 Å². The van der Waals surface area contributed by atoms with Gasteiger partial charge in [0, 0.05) is 10.6 Å². The average molecular weight is 268 g/mol.